The zero-order chi connectivity index (χ0) is 25.7. The van der Waals surface area contributed by atoms with Crippen LogP contribution in [0.25, 0.3) is 0 Å². The van der Waals surface area contributed by atoms with E-state index >= 15 is 0 Å². The highest BCUT2D eigenvalue weighted by molar-refractivity contribution is 6.27. The van der Waals surface area contributed by atoms with Gasteiger partial charge in [-0.1, -0.05) is 41.5 Å². The number of hydrogen-bond donors (Lipinski definition) is 0. The summed E-state index contributed by atoms with van der Waals surface area (Å²) < 4.78 is 6.27. The summed E-state index contributed by atoms with van der Waals surface area (Å²) in [6.45, 7) is 29.5. The molecule has 0 bridgehead atoms. The molecule has 0 aromatic rings. The minimum Gasteiger partial charge on any atom is -0.422 e. The highest BCUT2D eigenvalue weighted by atomic mass is 28.2. The number of hydrogen-bond acceptors (Lipinski definition) is 4. The molecule has 0 atom stereocenters. The van der Waals surface area contributed by atoms with Gasteiger partial charge in [0.2, 0.25) is 0 Å². The first kappa shape index (κ1) is 34.1. The van der Waals surface area contributed by atoms with E-state index in [9.17, 15) is 0 Å². The van der Waals surface area contributed by atoms with E-state index in [2.05, 4.69) is 70.1 Å². The van der Waals surface area contributed by atoms with Crippen molar-refractivity contribution in [1.29, 1.82) is 0 Å². The second-order valence-corrected chi connectivity index (χ2v) is 12.0. The van der Waals surface area contributed by atoms with Crippen LogP contribution in [0, 0.1) is 5.41 Å². The van der Waals surface area contributed by atoms with Crippen molar-refractivity contribution in [1.82, 2.24) is 14.7 Å². The van der Waals surface area contributed by atoms with Gasteiger partial charge in [0.05, 0.1) is 0 Å². The van der Waals surface area contributed by atoms with Crippen LogP contribution in [0.2, 0.25) is 6.04 Å². The Morgan fingerprint density at radius 2 is 0.941 bits per heavy atom. The highest BCUT2D eigenvalue weighted by Gasteiger charge is 2.30. The van der Waals surface area contributed by atoms with Gasteiger partial charge in [0.1, 0.15) is 0 Å². The first-order valence-corrected chi connectivity index (χ1v) is 16.8. The van der Waals surface area contributed by atoms with Crippen LogP contribution < -0.4 is 0 Å². The molecule has 0 N–H and O–H groups in total. The maximum Gasteiger partial charge on any atom is 0.162 e. The van der Waals surface area contributed by atoms with E-state index in [0.29, 0.717) is 11.5 Å². The first-order chi connectivity index (χ1) is 16.4. The van der Waals surface area contributed by atoms with E-state index in [4.69, 9.17) is 4.43 Å². The zero-order valence-electron chi connectivity index (χ0n) is 25.0. The predicted molar refractivity (Wildman–Crippen MR) is 157 cm³/mol. The third-order valence-corrected chi connectivity index (χ3v) is 9.76. The Morgan fingerprint density at radius 1 is 0.588 bits per heavy atom. The monoisotopic (exact) mass is 499 g/mol. The molecule has 0 radical (unpaired) electrons. The van der Waals surface area contributed by atoms with E-state index in [1.165, 1.54) is 123 Å². The fraction of sp³-hybridized carbons (Fsp3) is 1.00. The Hall–Kier alpha value is 0.0569. The molecule has 0 aliphatic rings. The molecular weight excluding hydrogens is 434 g/mol. The maximum atomic E-state index is 6.27. The summed E-state index contributed by atoms with van der Waals surface area (Å²) in [6, 6.07) is 1.37. The summed E-state index contributed by atoms with van der Waals surface area (Å²) in [5, 5.41) is 0. The molecule has 0 aromatic heterocycles. The minimum atomic E-state index is -0.468. The molecule has 0 amide bonds. The second-order valence-electron chi connectivity index (χ2n) is 10.8. The Morgan fingerprint density at radius 3 is 1.21 bits per heavy atom. The van der Waals surface area contributed by atoms with Gasteiger partial charge in [-0.3, -0.25) is 0 Å². The van der Waals surface area contributed by atoms with E-state index < -0.39 is 9.76 Å². The SMILES string of the molecule is CCCN(CC)CCCC(CCCN(CC)CCC)(CCCN(CC)CCC)C[SiH2]OC(C)C. The Balaban J connectivity index is 5.32. The van der Waals surface area contributed by atoms with Crippen molar-refractivity contribution in [3.05, 3.63) is 0 Å². The molecule has 0 spiro atoms. The zero-order valence-corrected chi connectivity index (χ0v) is 26.4. The Bertz CT molecular complexity index is 385. The van der Waals surface area contributed by atoms with Crippen molar-refractivity contribution in [3.8, 4) is 0 Å². The van der Waals surface area contributed by atoms with Crippen LogP contribution in [-0.4, -0.2) is 89.5 Å². The van der Waals surface area contributed by atoms with E-state index in [0.717, 1.165) is 0 Å². The molecule has 34 heavy (non-hydrogen) atoms. The standard InChI is InChI=1S/C29H65N3OSi/c1-9-21-30(12-4)24-15-18-29(27-34-33-28(7)8,19-16-25-31(13-5)22-10-2)20-17-26-32(14-6)23-11-3/h28H,9-27,34H2,1-8H3. The molecule has 4 nitrogen and oxygen atoms in total. The third-order valence-electron chi connectivity index (χ3n) is 7.59. The van der Waals surface area contributed by atoms with Gasteiger partial charge < -0.3 is 19.1 Å². The average Bonchev–Trinajstić information content (AvgIpc) is 2.82. The smallest absolute Gasteiger partial charge is 0.162 e. The van der Waals surface area contributed by atoms with Crippen molar-refractivity contribution in [3.63, 3.8) is 0 Å². The maximum absolute atomic E-state index is 6.27. The molecule has 0 saturated carbocycles. The van der Waals surface area contributed by atoms with Crippen LogP contribution in [0.1, 0.15) is 113 Å². The molecule has 0 unspecified atom stereocenters. The van der Waals surface area contributed by atoms with Gasteiger partial charge >= 0.3 is 0 Å². The van der Waals surface area contributed by atoms with Gasteiger partial charge in [0, 0.05) is 6.10 Å². The lowest BCUT2D eigenvalue weighted by molar-refractivity contribution is 0.169. The van der Waals surface area contributed by atoms with E-state index in [-0.39, 0.29) is 0 Å². The van der Waals surface area contributed by atoms with Gasteiger partial charge in [0.15, 0.2) is 9.76 Å². The first-order valence-electron chi connectivity index (χ1n) is 15.2. The van der Waals surface area contributed by atoms with Crippen molar-refractivity contribution >= 4 is 9.76 Å². The molecule has 0 saturated heterocycles. The lowest BCUT2D eigenvalue weighted by Crippen LogP contribution is -2.32. The minimum absolute atomic E-state index is 0.393. The Kier molecular flexibility index (Phi) is 22.3. The normalized spacial score (nSPS) is 13.1. The molecule has 206 valence electrons. The van der Waals surface area contributed by atoms with Crippen molar-refractivity contribution in [2.75, 3.05) is 58.9 Å². The quantitative estimate of drug-likeness (QED) is 0.135. The topological polar surface area (TPSA) is 19.0 Å². The average molecular weight is 500 g/mol. The van der Waals surface area contributed by atoms with Gasteiger partial charge in [-0.25, -0.2) is 0 Å². The second kappa shape index (κ2) is 22.3. The van der Waals surface area contributed by atoms with Gasteiger partial charge in [-0.2, -0.15) is 0 Å². The fourth-order valence-corrected chi connectivity index (χ4v) is 7.30. The lowest BCUT2D eigenvalue weighted by Gasteiger charge is -2.37. The van der Waals surface area contributed by atoms with Crippen LogP contribution >= 0.6 is 0 Å². The fourth-order valence-electron chi connectivity index (χ4n) is 5.53. The predicted octanol–water partition coefficient (Wildman–Crippen LogP) is 6.44. The van der Waals surface area contributed by atoms with Crippen LogP contribution in [-0.2, 0) is 4.43 Å². The van der Waals surface area contributed by atoms with Gasteiger partial charge in [-0.05, 0) is 142 Å². The summed E-state index contributed by atoms with van der Waals surface area (Å²) in [4.78, 5) is 7.98. The van der Waals surface area contributed by atoms with Gasteiger partial charge in [0.25, 0.3) is 0 Å². The summed E-state index contributed by atoms with van der Waals surface area (Å²) in [6.07, 6.45) is 12.4. The molecule has 0 aromatic carbocycles. The van der Waals surface area contributed by atoms with Crippen LogP contribution in [0.5, 0.6) is 0 Å². The van der Waals surface area contributed by atoms with Crippen LogP contribution in [0.4, 0.5) is 0 Å². The molecule has 0 aliphatic carbocycles. The summed E-state index contributed by atoms with van der Waals surface area (Å²) in [7, 11) is -0.468. The molecule has 0 rings (SSSR count). The molecule has 0 aliphatic heterocycles. The van der Waals surface area contributed by atoms with Crippen molar-refractivity contribution in [2.24, 2.45) is 5.41 Å². The van der Waals surface area contributed by atoms with Crippen LogP contribution in [0.15, 0.2) is 0 Å². The van der Waals surface area contributed by atoms with Crippen molar-refractivity contribution in [2.45, 2.75) is 125 Å². The molecular formula is C29H65N3OSi. The molecule has 5 heteroatoms. The molecule has 0 heterocycles. The highest BCUT2D eigenvalue weighted by Crippen LogP contribution is 2.39. The van der Waals surface area contributed by atoms with E-state index in [1.807, 2.05) is 0 Å². The summed E-state index contributed by atoms with van der Waals surface area (Å²) >= 11 is 0. The summed E-state index contributed by atoms with van der Waals surface area (Å²) in [5.74, 6) is 0. The largest absolute Gasteiger partial charge is 0.422 e. The summed E-state index contributed by atoms with van der Waals surface area (Å²) in [5.41, 5.74) is 0.490. The molecule has 0 fully saturated rings. The van der Waals surface area contributed by atoms with Gasteiger partial charge in [-0.15, -0.1) is 0 Å². The Labute approximate surface area is 218 Å². The van der Waals surface area contributed by atoms with E-state index in [1.54, 1.807) is 0 Å². The lowest BCUT2D eigenvalue weighted by atomic mass is 9.76. The third kappa shape index (κ3) is 16.7. The van der Waals surface area contributed by atoms with Crippen molar-refractivity contribution < 1.29 is 4.43 Å². The van der Waals surface area contributed by atoms with Crippen LogP contribution in [0.3, 0.4) is 0 Å². The number of nitrogens with zero attached hydrogens (tertiary/aromatic N) is 3. The number of rotatable bonds is 25.